The van der Waals surface area contributed by atoms with E-state index in [0.29, 0.717) is 0 Å². The minimum absolute atomic E-state index is 0.0478. The molecule has 55 heavy (non-hydrogen) atoms. The zero-order valence-electron chi connectivity index (χ0n) is 33.0. The Morgan fingerprint density at radius 1 is 0.400 bits per heavy atom. The molecule has 0 atom stereocenters. The normalized spacial score (nSPS) is 14.7. The van der Waals surface area contributed by atoms with Gasteiger partial charge in [0, 0.05) is 27.8 Å². The maximum Gasteiger partial charge on any atom is 0.0546 e. The number of anilines is 3. The average molecular weight is 710 g/mol. The summed E-state index contributed by atoms with van der Waals surface area (Å²) in [5.41, 5.74) is 18.1. The molecule has 1 nitrogen and oxygen atoms in total. The van der Waals surface area contributed by atoms with Crippen LogP contribution in [0.15, 0.2) is 158 Å². The van der Waals surface area contributed by atoms with E-state index >= 15 is 0 Å². The number of rotatable bonds is 4. The fraction of sp³-hybridized carbons (Fsp3) is 0.185. The molecular weight excluding hydrogens is 663 g/mol. The van der Waals surface area contributed by atoms with Crippen molar-refractivity contribution in [2.24, 2.45) is 0 Å². The van der Waals surface area contributed by atoms with Gasteiger partial charge in [-0.2, -0.15) is 0 Å². The second kappa shape index (κ2) is 11.8. The summed E-state index contributed by atoms with van der Waals surface area (Å²) < 4.78 is 0. The van der Waals surface area contributed by atoms with Crippen LogP contribution in [-0.2, 0) is 16.2 Å². The van der Waals surface area contributed by atoms with E-state index in [1.165, 1.54) is 88.4 Å². The van der Waals surface area contributed by atoms with E-state index in [9.17, 15) is 0 Å². The summed E-state index contributed by atoms with van der Waals surface area (Å²) in [6, 6.07) is 59.6. The van der Waals surface area contributed by atoms with Crippen LogP contribution in [0.25, 0.3) is 54.9 Å². The Bertz CT molecular complexity index is 2840. The summed E-state index contributed by atoms with van der Waals surface area (Å²) in [5, 5.41) is 5.09. The minimum Gasteiger partial charge on any atom is -0.310 e. The maximum atomic E-state index is 2.52. The van der Waals surface area contributed by atoms with Crippen LogP contribution in [0.5, 0.6) is 0 Å². The van der Waals surface area contributed by atoms with Crippen LogP contribution in [0.4, 0.5) is 17.1 Å². The molecule has 0 aliphatic heterocycles. The smallest absolute Gasteiger partial charge is 0.0546 e. The van der Waals surface area contributed by atoms with Crippen molar-refractivity contribution in [2.75, 3.05) is 4.90 Å². The number of hydrogen-bond donors (Lipinski definition) is 0. The van der Waals surface area contributed by atoms with Crippen molar-refractivity contribution in [2.45, 2.75) is 64.7 Å². The summed E-state index contributed by atoms with van der Waals surface area (Å²) in [6.07, 6.45) is 0. The summed E-state index contributed by atoms with van der Waals surface area (Å²) in [5.74, 6) is 0. The average Bonchev–Trinajstić information content (AvgIpc) is 3.57. The van der Waals surface area contributed by atoms with E-state index < -0.39 is 0 Å². The molecule has 0 unspecified atom stereocenters. The minimum atomic E-state index is -0.106. The summed E-state index contributed by atoms with van der Waals surface area (Å²) >= 11 is 0. The molecule has 0 radical (unpaired) electrons. The largest absolute Gasteiger partial charge is 0.310 e. The molecule has 0 heterocycles. The SMILES string of the molecule is CC(C)(C)c1ccc(N(c2ccc3c(c2)-c2c(ccc4ccccc24)C3(C)C)c2ccc3ccccc3c2-c2cccc3c2-c2ccccc2C3(C)C)cc1. The lowest BCUT2D eigenvalue weighted by Gasteiger charge is -2.31. The molecule has 0 amide bonds. The molecule has 0 N–H and O–H groups in total. The molecule has 0 fully saturated rings. The summed E-state index contributed by atoms with van der Waals surface area (Å²) in [4.78, 5) is 2.52. The first kappa shape index (κ1) is 33.6. The van der Waals surface area contributed by atoms with E-state index in [-0.39, 0.29) is 16.2 Å². The van der Waals surface area contributed by atoms with Gasteiger partial charge in [0.25, 0.3) is 0 Å². The van der Waals surface area contributed by atoms with Crippen LogP contribution in [0.3, 0.4) is 0 Å². The Hall–Kier alpha value is -5.92. The van der Waals surface area contributed by atoms with Gasteiger partial charge in [-0.3, -0.25) is 0 Å². The van der Waals surface area contributed by atoms with Crippen molar-refractivity contribution in [3.8, 4) is 33.4 Å². The van der Waals surface area contributed by atoms with Gasteiger partial charge >= 0.3 is 0 Å². The van der Waals surface area contributed by atoms with Gasteiger partial charge in [-0.15, -0.1) is 0 Å². The van der Waals surface area contributed by atoms with E-state index in [0.717, 1.165) is 11.4 Å². The van der Waals surface area contributed by atoms with Crippen LogP contribution < -0.4 is 4.90 Å². The molecule has 2 aliphatic rings. The molecule has 2 aliphatic carbocycles. The van der Waals surface area contributed by atoms with Crippen molar-refractivity contribution in [1.82, 2.24) is 0 Å². The standard InChI is InChI=1S/C54H47N/c1-52(2,3)36-25-27-37(28-26-36)55(38-29-31-45-43(33-38)49-39-17-10-8-15-34(39)23-30-47(49)54(45,6)7)48-32-24-35-16-9-11-18-40(35)51(48)42-20-14-22-46-50(42)41-19-12-13-21-44(41)53(46,4)5/h8-33H,1-7H3. The highest BCUT2D eigenvalue weighted by atomic mass is 15.1. The van der Waals surface area contributed by atoms with Crippen molar-refractivity contribution in [3.05, 3.63) is 186 Å². The predicted octanol–water partition coefficient (Wildman–Crippen LogP) is 15.0. The fourth-order valence-electron chi connectivity index (χ4n) is 9.88. The van der Waals surface area contributed by atoms with Crippen molar-refractivity contribution in [1.29, 1.82) is 0 Å². The predicted molar refractivity (Wildman–Crippen MR) is 235 cm³/mol. The van der Waals surface area contributed by atoms with E-state index in [1.54, 1.807) is 0 Å². The van der Waals surface area contributed by atoms with Crippen molar-refractivity contribution >= 4 is 38.6 Å². The number of fused-ring (bicyclic) bond motifs is 9. The van der Waals surface area contributed by atoms with Gasteiger partial charge in [0.15, 0.2) is 0 Å². The lowest BCUT2D eigenvalue weighted by Crippen LogP contribution is -2.16. The van der Waals surface area contributed by atoms with Crippen LogP contribution in [-0.4, -0.2) is 0 Å². The Balaban J connectivity index is 1.29. The third-order valence-electron chi connectivity index (χ3n) is 12.8. The molecule has 10 rings (SSSR count). The monoisotopic (exact) mass is 709 g/mol. The van der Waals surface area contributed by atoms with E-state index in [1.807, 2.05) is 0 Å². The lowest BCUT2D eigenvalue weighted by atomic mass is 9.81. The first-order chi connectivity index (χ1) is 26.4. The van der Waals surface area contributed by atoms with Gasteiger partial charge in [0.1, 0.15) is 0 Å². The Morgan fingerprint density at radius 2 is 0.927 bits per heavy atom. The molecule has 8 aromatic carbocycles. The fourth-order valence-corrected chi connectivity index (χ4v) is 9.88. The highest BCUT2D eigenvalue weighted by Gasteiger charge is 2.39. The van der Waals surface area contributed by atoms with Gasteiger partial charge in [0.2, 0.25) is 0 Å². The molecular formula is C54H47N. The zero-order chi connectivity index (χ0) is 37.9. The molecule has 0 aromatic heterocycles. The van der Waals surface area contributed by atoms with Crippen molar-refractivity contribution in [3.63, 3.8) is 0 Å². The molecule has 0 saturated carbocycles. The third-order valence-corrected chi connectivity index (χ3v) is 12.8. The maximum absolute atomic E-state index is 2.52. The van der Waals surface area contributed by atoms with Gasteiger partial charge in [-0.05, 0) is 113 Å². The number of benzene rings is 8. The van der Waals surface area contributed by atoms with Crippen molar-refractivity contribution < 1.29 is 0 Å². The third kappa shape index (κ3) is 4.92. The topological polar surface area (TPSA) is 3.24 Å². The molecule has 1 heteroatoms. The molecule has 0 bridgehead atoms. The molecule has 0 saturated heterocycles. The second-order valence-corrected chi connectivity index (χ2v) is 17.8. The molecule has 0 spiro atoms. The zero-order valence-corrected chi connectivity index (χ0v) is 33.0. The number of nitrogens with zero attached hydrogens (tertiary/aromatic N) is 1. The first-order valence-corrected chi connectivity index (χ1v) is 19.8. The van der Waals surface area contributed by atoms with Crippen LogP contribution >= 0.6 is 0 Å². The highest BCUT2D eigenvalue weighted by molar-refractivity contribution is 6.10. The van der Waals surface area contributed by atoms with Gasteiger partial charge in [0.05, 0.1) is 5.69 Å². The van der Waals surface area contributed by atoms with Gasteiger partial charge < -0.3 is 4.90 Å². The summed E-state index contributed by atoms with van der Waals surface area (Å²) in [6.45, 7) is 16.4. The van der Waals surface area contributed by atoms with Crippen LogP contribution in [0.1, 0.15) is 76.3 Å². The quantitative estimate of drug-likeness (QED) is 0.176. The Kier molecular flexibility index (Phi) is 7.21. The lowest BCUT2D eigenvalue weighted by molar-refractivity contribution is 0.590. The number of hydrogen-bond acceptors (Lipinski definition) is 1. The Morgan fingerprint density at radius 3 is 1.64 bits per heavy atom. The van der Waals surface area contributed by atoms with Gasteiger partial charge in [-0.1, -0.05) is 176 Å². The Labute approximate surface area is 325 Å². The van der Waals surface area contributed by atoms with Crippen LogP contribution in [0, 0.1) is 0 Å². The highest BCUT2D eigenvalue weighted by Crippen LogP contribution is 2.56. The first-order valence-electron chi connectivity index (χ1n) is 19.8. The van der Waals surface area contributed by atoms with E-state index in [2.05, 4.69) is 211 Å². The van der Waals surface area contributed by atoms with Crippen LogP contribution in [0.2, 0.25) is 0 Å². The molecule has 268 valence electrons. The van der Waals surface area contributed by atoms with Gasteiger partial charge in [-0.25, -0.2) is 0 Å². The summed E-state index contributed by atoms with van der Waals surface area (Å²) in [7, 11) is 0. The van der Waals surface area contributed by atoms with E-state index in [4.69, 9.17) is 0 Å². The second-order valence-electron chi connectivity index (χ2n) is 17.8. The molecule has 8 aromatic rings.